The quantitative estimate of drug-likeness (QED) is 0.488. The van der Waals surface area contributed by atoms with E-state index in [2.05, 4.69) is 27.5 Å². The normalized spacial score (nSPS) is 25.3. The topological polar surface area (TPSA) is 128 Å². The largest absolute Gasteiger partial charge is 0.400 e. The molecule has 0 atom stereocenters. The molecule has 2 fully saturated rings. The van der Waals surface area contributed by atoms with Gasteiger partial charge in [0.15, 0.2) is 0 Å². The third-order valence-electron chi connectivity index (χ3n) is 5.86. The lowest BCUT2D eigenvalue weighted by Crippen LogP contribution is -2.33. The van der Waals surface area contributed by atoms with Gasteiger partial charge in [-0.1, -0.05) is 19.8 Å². The molecule has 4 rings (SSSR count). The minimum absolute atomic E-state index is 0.0650. The summed E-state index contributed by atoms with van der Waals surface area (Å²) < 4.78 is 0. The summed E-state index contributed by atoms with van der Waals surface area (Å²) in [5.74, 6) is 8.11. The van der Waals surface area contributed by atoms with Gasteiger partial charge in [-0.05, 0) is 31.9 Å². The zero-order valence-electron chi connectivity index (χ0n) is 17.4. The summed E-state index contributed by atoms with van der Waals surface area (Å²) in [6, 6.07) is 2.05. The Morgan fingerprint density at radius 1 is 1.34 bits per heavy atom. The molecule has 160 valence electrons. The molecule has 3 aliphatic rings. The average molecular weight is 403 g/mol. The van der Waals surface area contributed by atoms with Crippen LogP contribution in [0.4, 0.5) is 10.6 Å². The highest BCUT2D eigenvalue weighted by Crippen LogP contribution is 2.37. The third kappa shape index (κ3) is 5.10. The van der Waals surface area contributed by atoms with Gasteiger partial charge in [-0.3, -0.25) is 5.01 Å². The molecule has 9 nitrogen and oxygen atoms in total. The molecule has 1 aromatic heterocycles. The minimum Gasteiger partial charge on any atom is -0.400 e. The molecule has 1 saturated carbocycles. The predicted molar refractivity (Wildman–Crippen MR) is 116 cm³/mol. The summed E-state index contributed by atoms with van der Waals surface area (Å²) in [6.07, 6.45) is 8.29. The first-order valence-corrected chi connectivity index (χ1v) is 10.4. The van der Waals surface area contributed by atoms with Crippen LogP contribution in [0.3, 0.4) is 0 Å². The maximum atomic E-state index is 10.9. The van der Waals surface area contributed by atoms with Crippen molar-refractivity contribution in [3.63, 3.8) is 0 Å². The molecule has 0 radical (unpaired) electrons. The number of rotatable bonds is 4. The molecule has 2 amide bonds. The lowest BCUT2D eigenvalue weighted by molar-refractivity contribution is 0.218. The van der Waals surface area contributed by atoms with Crippen LogP contribution in [0, 0.1) is 11.8 Å². The van der Waals surface area contributed by atoms with E-state index in [1.807, 2.05) is 19.3 Å². The molecular formula is C20H34N8O. The number of urea groups is 1. The lowest BCUT2D eigenvalue weighted by atomic mass is 9.80. The molecule has 0 aromatic carbocycles. The van der Waals surface area contributed by atoms with Crippen LogP contribution in [0.15, 0.2) is 23.0 Å². The lowest BCUT2D eigenvalue weighted by Gasteiger charge is -2.30. The van der Waals surface area contributed by atoms with Crippen molar-refractivity contribution in [2.24, 2.45) is 28.4 Å². The first kappa shape index (κ1) is 21.2. The highest BCUT2D eigenvalue weighted by Gasteiger charge is 2.27. The SMILES string of the molecule is CC1CCC(/C(N)=C2\c3cc[nH]c3N=CN2N)CC1.CNCCN1CCNC1=O. The fraction of sp³-hybridized carbons (Fsp3) is 0.600. The van der Waals surface area contributed by atoms with Gasteiger partial charge in [0.25, 0.3) is 0 Å². The third-order valence-corrected chi connectivity index (χ3v) is 5.86. The molecule has 0 unspecified atom stereocenters. The molecule has 2 aliphatic heterocycles. The second-order valence-electron chi connectivity index (χ2n) is 7.98. The Balaban J connectivity index is 0.000000204. The van der Waals surface area contributed by atoms with Gasteiger partial charge in [0.2, 0.25) is 0 Å². The van der Waals surface area contributed by atoms with Gasteiger partial charge in [0, 0.05) is 49.6 Å². The van der Waals surface area contributed by atoms with E-state index in [-0.39, 0.29) is 6.03 Å². The standard InChI is InChI=1S/C14H21N5.C6H13N3O/c1-9-2-4-10(5-3-9)12(15)13-11-6-7-17-14(11)18-8-19(13)16;1-7-2-4-9-5-3-8-6(9)10/h6-10,17H,2-5,15-16H2,1H3;7H,2-5H2,1H3,(H,8,10)/b13-12-;. The van der Waals surface area contributed by atoms with Crippen molar-refractivity contribution in [1.29, 1.82) is 0 Å². The summed E-state index contributed by atoms with van der Waals surface area (Å²) >= 11 is 0. The zero-order chi connectivity index (χ0) is 20.8. The second kappa shape index (κ2) is 9.80. The van der Waals surface area contributed by atoms with Crippen molar-refractivity contribution in [2.75, 3.05) is 33.2 Å². The summed E-state index contributed by atoms with van der Waals surface area (Å²) in [4.78, 5) is 20.0. The summed E-state index contributed by atoms with van der Waals surface area (Å²) in [5.41, 5.74) is 9.23. The monoisotopic (exact) mass is 402 g/mol. The number of aliphatic imine (C=N–C) groups is 1. The van der Waals surface area contributed by atoms with Gasteiger partial charge in [0.05, 0.1) is 5.70 Å². The number of nitrogens with one attached hydrogen (secondary N) is 3. The first-order chi connectivity index (χ1) is 14.0. The second-order valence-corrected chi connectivity index (χ2v) is 7.98. The maximum absolute atomic E-state index is 10.9. The van der Waals surface area contributed by atoms with Crippen LogP contribution in [0.1, 0.15) is 38.2 Å². The van der Waals surface area contributed by atoms with E-state index < -0.39 is 0 Å². The molecule has 0 spiro atoms. The number of carbonyl (C=O) groups excluding carboxylic acids is 1. The molecule has 1 saturated heterocycles. The van der Waals surface area contributed by atoms with Gasteiger partial charge in [-0.2, -0.15) is 0 Å². The molecular weight excluding hydrogens is 368 g/mol. The number of likely N-dealkylation sites (N-methyl/N-ethyl adjacent to an activating group) is 1. The number of hydrogen-bond acceptors (Lipinski definition) is 6. The molecule has 1 aliphatic carbocycles. The number of allylic oxidation sites excluding steroid dienone is 1. The van der Waals surface area contributed by atoms with Crippen LogP contribution >= 0.6 is 0 Å². The van der Waals surface area contributed by atoms with Crippen molar-refractivity contribution in [1.82, 2.24) is 25.5 Å². The average Bonchev–Trinajstić information content (AvgIpc) is 3.35. The number of amides is 2. The Morgan fingerprint density at radius 2 is 2.10 bits per heavy atom. The van der Waals surface area contributed by atoms with Crippen molar-refractivity contribution < 1.29 is 4.79 Å². The number of hydrogen-bond donors (Lipinski definition) is 5. The van der Waals surface area contributed by atoms with E-state index in [0.717, 1.165) is 67.7 Å². The highest BCUT2D eigenvalue weighted by atomic mass is 16.2. The first-order valence-electron chi connectivity index (χ1n) is 10.4. The van der Waals surface area contributed by atoms with Crippen molar-refractivity contribution in [3.05, 3.63) is 23.5 Å². The summed E-state index contributed by atoms with van der Waals surface area (Å²) in [5, 5.41) is 7.28. The van der Waals surface area contributed by atoms with Crippen LogP contribution in [-0.4, -0.2) is 60.5 Å². The predicted octanol–water partition coefficient (Wildman–Crippen LogP) is 1.55. The van der Waals surface area contributed by atoms with Gasteiger partial charge in [0.1, 0.15) is 12.2 Å². The fourth-order valence-electron chi connectivity index (χ4n) is 4.02. The Labute approximate surface area is 172 Å². The van der Waals surface area contributed by atoms with Crippen molar-refractivity contribution in [2.45, 2.75) is 32.6 Å². The number of fused-ring (bicyclic) bond motifs is 1. The number of carbonyl (C=O) groups is 1. The Kier molecular flexibility index (Phi) is 7.16. The smallest absolute Gasteiger partial charge is 0.317 e. The zero-order valence-corrected chi connectivity index (χ0v) is 17.4. The minimum atomic E-state index is 0.0650. The van der Waals surface area contributed by atoms with Crippen LogP contribution in [-0.2, 0) is 0 Å². The van der Waals surface area contributed by atoms with Gasteiger partial charge in [-0.15, -0.1) is 0 Å². The van der Waals surface area contributed by atoms with Gasteiger partial charge < -0.3 is 26.3 Å². The van der Waals surface area contributed by atoms with Crippen LogP contribution in [0.5, 0.6) is 0 Å². The summed E-state index contributed by atoms with van der Waals surface area (Å²) in [7, 11) is 1.88. The van der Waals surface area contributed by atoms with E-state index in [9.17, 15) is 4.79 Å². The number of nitrogens with two attached hydrogens (primary N) is 2. The van der Waals surface area contributed by atoms with E-state index >= 15 is 0 Å². The Hall–Kier alpha value is -2.52. The summed E-state index contributed by atoms with van der Waals surface area (Å²) in [6.45, 7) is 5.63. The van der Waals surface area contributed by atoms with Crippen LogP contribution in [0.2, 0.25) is 0 Å². The molecule has 29 heavy (non-hydrogen) atoms. The van der Waals surface area contributed by atoms with E-state index in [1.165, 1.54) is 12.8 Å². The molecule has 9 heteroatoms. The molecule has 0 bridgehead atoms. The van der Waals surface area contributed by atoms with Crippen molar-refractivity contribution >= 4 is 23.9 Å². The van der Waals surface area contributed by atoms with Crippen molar-refractivity contribution in [3.8, 4) is 0 Å². The molecule has 3 heterocycles. The molecule has 1 aromatic rings. The Morgan fingerprint density at radius 3 is 2.76 bits per heavy atom. The van der Waals surface area contributed by atoms with Crippen LogP contribution in [0.25, 0.3) is 5.70 Å². The highest BCUT2D eigenvalue weighted by molar-refractivity contribution is 5.86. The van der Waals surface area contributed by atoms with E-state index in [0.29, 0.717) is 5.92 Å². The van der Waals surface area contributed by atoms with Crippen LogP contribution < -0.4 is 22.2 Å². The fourth-order valence-corrected chi connectivity index (χ4v) is 4.02. The van der Waals surface area contributed by atoms with E-state index in [1.54, 1.807) is 16.2 Å². The maximum Gasteiger partial charge on any atom is 0.317 e. The molecule has 7 N–H and O–H groups in total. The number of nitrogens with zero attached hydrogens (tertiary/aromatic N) is 3. The van der Waals surface area contributed by atoms with E-state index in [4.69, 9.17) is 11.6 Å². The number of H-pyrrole nitrogens is 1. The van der Waals surface area contributed by atoms with Gasteiger partial charge in [-0.25, -0.2) is 15.6 Å². The number of aromatic amines is 1. The van der Waals surface area contributed by atoms with Gasteiger partial charge >= 0.3 is 6.03 Å². The number of aromatic nitrogens is 1. The Bertz CT molecular complexity index is 747. The number of hydrazine groups is 1.